The van der Waals surface area contributed by atoms with Crippen molar-refractivity contribution in [1.29, 1.82) is 0 Å². The van der Waals surface area contributed by atoms with E-state index in [0.717, 1.165) is 19.3 Å². The molecule has 0 aromatic rings. The Bertz CT molecular complexity index is 362. The number of ether oxygens (including phenoxy) is 1. The highest BCUT2D eigenvalue weighted by Gasteiger charge is 2.20. The van der Waals surface area contributed by atoms with E-state index in [1.165, 1.54) is 103 Å². The zero-order valence-electron chi connectivity index (χ0n) is 20.6. The van der Waals surface area contributed by atoms with Gasteiger partial charge in [-0.1, -0.05) is 124 Å². The van der Waals surface area contributed by atoms with Crippen molar-refractivity contribution in [3.63, 3.8) is 0 Å². The van der Waals surface area contributed by atoms with Gasteiger partial charge in [0.2, 0.25) is 0 Å². The van der Waals surface area contributed by atoms with Gasteiger partial charge in [0.05, 0.1) is 6.61 Å². The van der Waals surface area contributed by atoms with Crippen LogP contribution in [0.25, 0.3) is 0 Å². The monoisotopic (exact) mass is 444 g/mol. The second-order valence-corrected chi connectivity index (χ2v) is 9.36. The number of hydrogen-bond acceptors (Lipinski definition) is 3. The van der Waals surface area contributed by atoms with Crippen LogP contribution in [0.5, 0.6) is 0 Å². The van der Waals surface area contributed by atoms with Gasteiger partial charge in [-0.15, -0.1) is 0 Å². The van der Waals surface area contributed by atoms with Gasteiger partial charge in [0.15, 0.2) is 6.10 Å². The first-order valence-electron chi connectivity index (χ1n) is 13.2. The minimum Gasteiger partial charge on any atom is -0.463 e. The predicted octanol–water partition coefficient (Wildman–Crippen LogP) is 8.79. The predicted molar refractivity (Wildman–Crippen MR) is 134 cm³/mol. The lowest BCUT2D eigenvalue weighted by Crippen LogP contribution is -2.26. The van der Waals surface area contributed by atoms with Gasteiger partial charge in [-0.3, -0.25) is 0 Å². The maximum atomic E-state index is 12.4. The molecular weight excluding hydrogens is 391 g/mol. The number of hydrogen-bond donors (Lipinski definition) is 0. The van der Waals surface area contributed by atoms with Crippen molar-refractivity contribution in [1.82, 2.24) is 0 Å². The third kappa shape index (κ3) is 18.6. The Morgan fingerprint density at radius 1 is 0.633 bits per heavy atom. The normalized spacial score (nSPS) is 13.3. The summed E-state index contributed by atoms with van der Waals surface area (Å²) in [5.41, 5.74) is 0. The molecule has 0 aliphatic rings. The van der Waals surface area contributed by atoms with Gasteiger partial charge in [0.25, 0.3) is 0 Å². The molecule has 0 radical (unpaired) electrons. The van der Waals surface area contributed by atoms with Gasteiger partial charge in [-0.05, 0) is 25.2 Å². The zero-order valence-corrected chi connectivity index (χ0v) is 21.8. The fourth-order valence-electron chi connectivity index (χ4n) is 4.02. The molecule has 4 heteroatoms. The standard InChI is InChI=1S/C26H53O3P/c1-4-7-10-12-14-15-17-19-21-24(20-18-16-13-11-8-5-2)23-28-26(27)25(29-30)22-9-6-3/h24-25H,4-23,30H2,1-3H3. The Balaban J connectivity index is 4.20. The lowest BCUT2D eigenvalue weighted by molar-refractivity contribution is -0.153. The quantitative estimate of drug-likeness (QED) is 0.0897. The van der Waals surface area contributed by atoms with E-state index >= 15 is 0 Å². The summed E-state index contributed by atoms with van der Waals surface area (Å²) in [7, 11) is 2.24. The molecule has 0 N–H and O–H groups in total. The van der Waals surface area contributed by atoms with Crippen molar-refractivity contribution < 1.29 is 14.1 Å². The molecule has 0 fully saturated rings. The van der Waals surface area contributed by atoms with Crippen molar-refractivity contribution in [2.75, 3.05) is 6.61 Å². The van der Waals surface area contributed by atoms with Crippen LogP contribution in [0, 0.1) is 5.92 Å². The van der Waals surface area contributed by atoms with Gasteiger partial charge in [-0.2, -0.15) is 0 Å². The van der Waals surface area contributed by atoms with Crippen LogP contribution in [-0.2, 0) is 14.1 Å². The summed E-state index contributed by atoms with van der Waals surface area (Å²) in [6.07, 6.45) is 23.5. The first-order valence-corrected chi connectivity index (χ1v) is 13.7. The number of esters is 1. The lowest BCUT2D eigenvalue weighted by atomic mass is 9.94. The topological polar surface area (TPSA) is 35.5 Å². The molecule has 30 heavy (non-hydrogen) atoms. The van der Waals surface area contributed by atoms with E-state index in [1.54, 1.807) is 0 Å². The van der Waals surface area contributed by atoms with Crippen molar-refractivity contribution in [2.24, 2.45) is 5.92 Å². The molecule has 3 atom stereocenters. The molecule has 0 saturated carbocycles. The van der Waals surface area contributed by atoms with E-state index in [4.69, 9.17) is 9.26 Å². The smallest absolute Gasteiger partial charge is 0.335 e. The molecule has 0 aliphatic carbocycles. The highest BCUT2D eigenvalue weighted by Crippen LogP contribution is 2.21. The zero-order chi connectivity index (χ0) is 22.3. The largest absolute Gasteiger partial charge is 0.463 e. The van der Waals surface area contributed by atoms with Gasteiger partial charge in [-0.25, -0.2) is 4.79 Å². The molecule has 0 saturated heterocycles. The van der Waals surface area contributed by atoms with Crippen LogP contribution in [0.3, 0.4) is 0 Å². The van der Waals surface area contributed by atoms with Crippen molar-refractivity contribution in [2.45, 2.75) is 149 Å². The Hall–Kier alpha value is -0.140. The Morgan fingerprint density at radius 3 is 1.50 bits per heavy atom. The van der Waals surface area contributed by atoms with Crippen LogP contribution in [0.15, 0.2) is 0 Å². The second-order valence-electron chi connectivity index (χ2n) is 9.08. The van der Waals surface area contributed by atoms with E-state index in [1.807, 2.05) is 0 Å². The summed E-state index contributed by atoms with van der Waals surface area (Å²) in [6.45, 7) is 7.24. The number of carbonyl (C=O) groups excluding carboxylic acids is 1. The molecular formula is C26H53O3P. The summed E-state index contributed by atoms with van der Waals surface area (Å²) in [5, 5.41) is 0. The molecule has 0 rings (SSSR count). The average molecular weight is 445 g/mol. The highest BCUT2D eigenvalue weighted by atomic mass is 31.0. The van der Waals surface area contributed by atoms with E-state index in [0.29, 0.717) is 12.5 Å². The summed E-state index contributed by atoms with van der Waals surface area (Å²) < 4.78 is 11.0. The minimum atomic E-state index is -0.423. The number of rotatable bonds is 23. The Morgan fingerprint density at radius 2 is 1.07 bits per heavy atom. The molecule has 0 aromatic heterocycles. The summed E-state index contributed by atoms with van der Waals surface area (Å²) in [5.74, 6) is 0.332. The number of unbranched alkanes of at least 4 members (excludes halogenated alkanes) is 13. The second kappa shape index (κ2) is 23.5. The van der Waals surface area contributed by atoms with Gasteiger partial charge < -0.3 is 9.26 Å². The first kappa shape index (κ1) is 29.9. The molecule has 0 heterocycles. The van der Waals surface area contributed by atoms with Crippen molar-refractivity contribution in [3.8, 4) is 0 Å². The minimum absolute atomic E-state index is 0.178. The van der Waals surface area contributed by atoms with Gasteiger partial charge >= 0.3 is 5.97 Å². The number of carbonyl (C=O) groups is 1. The van der Waals surface area contributed by atoms with Crippen LogP contribution in [-0.4, -0.2) is 18.7 Å². The molecule has 3 nitrogen and oxygen atoms in total. The van der Waals surface area contributed by atoms with E-state index in [-0.39, 0.29) is 5.97 Å². The first-order chi connectivity index (χ1) is 14.7. The fourth-order valence-corrected chi connectivity index (χ4v) is 4.26. The van der Waals surface area contributed by atoms with Crippen LogP contribution in [0.1, 0.15) is 143 Å². The highest BCUT2D eigenvalue weighted by molar-refractivity contribution is 7.09. The molecule has 180 valence electrons. The maximum Gasteiger partial charge on any atom is 0.335 e. The van der Waals surface area contributed by atoms with E-state index < -0.39 is 6.10 Å². The SMILES string of the molecule is CCCCCCCCCCC(CCCCCCCC)COC(=O)C(CCCC)OP. The average Bonchev–Trinajstić information content (AvgIpc) is 2.76. The Kier molecular flexibility index (Phi) is 23.4. The fraction of sp³-hybridized carbons (Fsp3) is 0.962. The van der Waals surface area contributed by atoms with Gasteiger partial charge in [0.1, 0.15) is 0 Å². The summed E-state index contributed by atoms with van der Waals surface area (Å²) in [4.78, 5) is 12.4. The molecule has 0 amide bonds. The molecule has 0 aromatic carbocycles. The van der Waals surface area contributed by atoms with E-state index in [2.05, 4.69) is 30.2 Å². The van der Waals surface area contributed by atoms with Crippen LogP contribution in [0.2, 0.25) is 0 Å². The van der Waals surface area contributed by atoms with Gasteiger partial charge in [0, 0.05) is 9.47 Å². The summed E-state index contributed by atoms with van der Waals surface area (Å²) in [6, 6.07) is 0. The molecule has 0 bridgehead atoms. The van der Waals surface area contributed by atoms with E-state index in [9.17, 15) is 4.79 Å². The maximum absolute atomic E-state index is 12.4. The lowest BCUT2D eigenvalue weighted by Gasteiger charge is -2.19. The van der Waals surface area contributed by atoms with Crippen molar-refractivity contribution >= 4 is 15.4 Å². The molecule has 0 spiro atoms. The molecule has 3 unspecified atom stereocenters. The van der Waals surface area contributed by atoms with Crippen LogP contribution in [0.4, 0.5) is 0 Å². The Labute approximate surface area is 191 Å². The summed E-state index contributed by atoms with van der Waals surface area (Å²) >= 11 is 0. The molecule has 0 aliphatic heterocycles. The third-order valence-electron chi connectivity index (χ3n) is 6.14. The van der Waals surface area contributed by atoms with Crippen LogP contribution < -0.4 is 0 Å². The van der Waals surface area contributed by atoms with Crippen molar-refractivity contribution in [3.05, 3.63) is 0 Å². The third-order valence-corrected chi connectivity index (χ3v) is 6.47. The van der Waals surface area contributed by atoms with Crippen LogP contribution >= 0.6 is 9.47 Å².